The highest BCUT2D eigenvalue weighted by atomic mass is 32.2. The molecule has 0 aliphatic carbocycles. The van der Waals surface area contributed by atoms with Gasteiger partial charge in [-0.3, -0.25) is 9.89 Å². The molecule has 1 N–H and O–H groups in total. The fraction of sp³-hybridized carbons (Fsp3) is 0.318. The number of hydrogen-bond acceptors (Lipinski definition) is 5. The second kappa shape index (κ2) is 7.28. The molecule has 2 aromatic carbocycles. The van der Waals surface area contributed by atoms with Crippen molar-refractivity contribution in [2.75, 3.05) is 26.2 Å². The zero-order valence-electron chi connectivity index (χ0n) is 17.1. The van der Waals surface area contributed by atoms with Crippen molar-refractivity contribution >= 4 is 15.9 Å². The van der Waals surface area contributed by atoms with E-state index in [0.717, 1.165) is 0 Å². The number of nitrogens with zero attached hydrogens (tertiary/aromatic N) is 4. The normalized spacial score (nSPS) is 23.8. The van der Waals surface area contributed by atoms with E-state index >= 15 is 0 Å². The number of benzene rings is 2. The molecule has 9 heteroatoms. The maximum absolute atomic E-state index is 13.3. The van der Waals surface area contributed by atoms with Crippen molar-refractivity contribution in [1.82, 2.24) is 24.4 Å². The minimum atomic E-state index is -3.65. The van der Waals surface area contributed by atoms with Gasteiger partial charge in [0.05, 0.1) is 10.3 Å². The number of fused-ring (bicyclic) bond motifs is 1. The molecule has 2 aliphatic rings. The molecule has 160 valence electrons. The van der Waals surface area contributed by atoms with Crippen molar-refractivity contribution in [2.24, 2.45) is 5.92 Å². The third-order valence-corrected chi connectivity index (χ3v) is 8.14. The van der Waals surface area contributed by atoms with Crippen LogP contribution in [-0.4, -0.2) is 64.9 Å². The van der Waals surface area contributed by atoms with Crippen LogP contribution in [0.1, 0.15) is 22.0 Å². The summed E-state index contributed by atoms with van der Waals surface area (Å²) in [4.78, 5) is 19.7. The van der Waals surface area contributed by atoms with Gasteiger partial charge in [-0.2, -0.15) is 9.40 Å². The van der Waals surface area contributed by atoms with E-state index < -0.39 is 15.4 Å². The van der Waals surface area contributed by atoms with Gasteiger partial charge in [-0.25, -0.2) is 13.4 Å². The lowest BCUT2D eigenvalue weighted by Crippen LogP contribution is -2.41. The van der Waals surface area contributed by atoms with Gasteiger partial charge in [0, 0.05) is 37.7 Å². The number of aryl methyl sites for hydroxylation is 1. The van der Waals surface area contributed by atoms with Crippen molar-refractivity contribution in [3.05, 3.63) is 77.9 Å². The summed E-state index contributed by atoms with van der Waals surface area (Å²) in [5.41, 5.74) is -0.0191. The summed E-state index contributed by atoms with van der Waals surface area (Å²) in [6.07, 6.45) is 0. The van der Waals surface area contributed by atoms with Crippen LogP contribution in [0.25, 0.3) is 0 Å². The molecule has 3 heterocycles. The Hall–Kier alpha value is -3.04. The molecule has 1 amide bonds. The van der Waals surface area contributed by atoms with E-state index in [-0.39, 0.29) is 23.3 Å². The number of carbonyl (C=O) groups excluding carboxylic acids is 1. The molecule has 1 aromatic heterocycles. The summed E-state index contributed by atoms with van der Waals surface area (Å²) in [5, 5.41) is 7.27. The van der Waals surface area contributed by atoms with Crippen LogP contribution in [-0.2, 0) is 15.4 Å². The number of likely N-dealkylation sites (tertiary alicyclic amines) is 1. The molecule has 2 saturated heterocycles. The highest BCUT2D eigenvalue weighted by Crippen LogP contribution is 2.45. The van der Waals surface area contributed by atoms with Crippen LogP contribution in [0.4, 0.5) is 0 Å². The minimum Gasteiger partial charge on any atom is -0.337 e. The maximum atomic E-state index is 13.3. The summed E-state index contributed by atoms with van der Waals surface area (Å²) in [5.74, 6) is 1.09. The van der Waals surface area contributed by atoms with Crippen LogP contribution >= 0.6 is 0 Å². The summed E-state index contributed by atoms with van der Waals surface area (Å²) < 4.78 is 28.1. The maximum Gasteiger partial charge on any atom is 0.253 e. The largest absolute Gasteiger partial charge is 0.337 e. The van der Waals surface area contributed by atoms with Gasteiger partial charge in [0.1, 0.15) is 5.82 Å². The van der Waals surface area contributed by atoms with Crippen LogP contribution < -0.4 is 0 Å². The number of nitrogens with one attached hydrogen (secondary N) is 1. The number of aromatic amines is 1. The smallest absolute Gasteiger partial charge is 0.253 e. The first-order valence-electron chi connectivity index (χ1n) is 10.2. The summed E-state index contributed by atoms with van der Waals surface area (Å²) in [7, 11) is -3.65. The molecular weight excluding hydrogens is 414 g/mol. The van der Waals surface area contributed by atoms with E-state index in [1.807, 2.05) is 25.1 Å². The van der Waals surface area contributed by atoms with Crippen LogP contribution in [0.5, 0.6) is 0 Å². The molecule has 3 aromatic rings. The Morgan fingerprint density at radius 1 is 1.03 bits per heavy atom. The Kier molecular flexibility index (Phi) is 4.67. The standard InChI is InChI=1S/C22H23N5O3S/c1-16-23-21(25-24-16)22-14-26(20(28)17-8-4-2-5-9-17)12-18(22)13-27(15-22)31(29,30)19-10-6-3-7-11-19/h2-11,18H,12-15H2,1H3,(H,23,24,25)/t18-,22-/m0/s1. The first kappa shape index (κ1) is 19.9. The molecule has 2 fully saturated rings. The number of H-pyrrole nitrogens is 1. The van der Waals surface area contributed by atoms with Gasteiger partial charge in [-0.05, 0) is 31.2 Å². The molecule has 8 nitrogen and oxygen atoms in total. The Balaban J connectivity index is 1.49. The first-order valence-corrected chi connectivity index (χ1v) is 11.6. The average molecular weight is 438 g/mol. The fourth-order valence-corrected chi connectivity index (χ4v) is 6.32. The quantitative estimate of drug-likeness (QED) is 0.671. The van der Waals surface area contributed by atoms with Gasteiger partial charge >= 0.3 is 0 Å². The van der Waals surface area contributed by atoms with Gasteiger partial charge in [0.2, 0.25) is 10.0 Å². The highest BCUT2D eigenvalue weighted by molar-refractivity contribution is 7.89. The summed E-state index contributed by atoms with van der Waals surface area (Å²) >= 11 is 0. The van der Waals surface area contributed by atoms with Crippen molar-refractivity contribution in [1.29, 1.82) is 0 Å². The van der Waals surface area contributed by atoms with Crippen LogP contribution in [0.3, 0.4) is 0 Å². The number of hydrogen-bond donors (Lipinski definition) is 1. The molecule has 0 unspecified atom stereocenters. The molecule has 0 radical (unpaired) electrons. The van der Waals surface area contributed by atoms with E-state index in [1.165, 1.54) is 4.31 Å². The average Bonchev–Trinajstić information content (AvgIpc) is 3.47. The highest BCUT2D eigenvalue weighted by Gasteiger charge is 2.59. The summed E-state index contributed by atoms with van der Waals surface area (Å²) in [6, 6.07) is 17.6. The molecule has 5 rings (SSSR count). The van der Waals surface area contributed by atoms with Crippen LogP contribution in [0.2, 0.25) is 0 Å². The zero-order chi connectivity index (χ0) is 21.6. The molecular formula is C22H23N5O3S. The molecule has 0 spiro atoms. The number of amides is 1. The van der Waals surface area contributed by atoms with E-state index in [2.05, 4.69) is 15.2 Å². The zero-order valence-corrected chi connectivity index (χ0v) is 17.9. The van der Waals surface area contributed by atoms with Crippen molar-refractivity contribution in [2.45, 2.75) is 17.2 Å². The number of rotatable bonds is 4. The second-order valence-electron chi connectivity index (χ2n) is 8.26. The van der Waals surface area contributed by atoms with Gasteiger partial charge in [-0.1, -0.05) is 36.4 Å². The molecule has 0 bridgehead atoms. The van der Waals surface area contributed by atoms with E-state index in [0.29, 0.717) is 36.8 Å². The minimum absolute atomic E-state index is 0.0564. The molecule has 31 heavy (non-hydrogen) atoms. The van der Waals surface area contributed by atoms with Crippen molar-refractivity contribution in [3.63, 3.8) is 0 Å². The number of carbonyl (C=O) groups is 1. The van der Waals surface area contributed by atoms with Crippen molar-refractivity contribution in [3.8, 4) is 0 Å². The Morgan fingerprint density at radius 3 is 2.35 bits per heavy atom. The topological polar surface area (TPSA) is 99.3 Å². The van der Waals surface area contributed by atoms with Gasteiger partial charge in [0.25, 0.3) is 5.91 Å². The first-order chi connectivity index (χ1) is 14.9. The lowest BCUT2D eigenvalue weighted by molar-refractivity contribution is 0.0775. The van der Waals surface area contributed by atoms with E-state index in [4.69, 9.17) is 0 Å². The number of aromatic nitrogens is 3. The Labute approximate surface area is 181 Å². The molecule has 2 atom stereocenters. The van der Waals surface area contributed by atoms with E-state index in [9.17, 15) is 13.2 Å². The monoisotopic (exact) mass is 437 g/mol. The van der Waals surface area contributed by atoms with E-state index in [1.54, 1.807) is 47.4 Å². The summed E-state index contributed by atoms with van der Waals surface area (Å²) in [6.45, 7) is 3.22. The van der Waals surface area contributed by atoms with Gasteiger partial charge < -0.3 is 4.90 Å². The molecule has 2 aliphatic heterocycles. The van der Waals surface area contributed by atoms with Crippen LogP contribution in [0, 0.1) is 12.8 Å². The second-order valence-corrected chi connectivity index (χ2v) is 10.2. The Bertz CT molecular complexity index is 1210. The fourth-order valence-electron chi connectivity index (χ4n) is 4.74. The Morgan fingerprint density at radius 2 is 1.71 bits per heavy atom. The lowest BCUT2D eigenvalue weighted by Gasteiger charge is -2.26. The predicted octanol–water partition coefficient (Wildman–Crippen LogP) is 1.83. The molecule has 0 saturated carbocycles. The van der Waals surface area contributed by atoms with Crippen LogP contribution in [0.15, 0.2) is 65.6 Å². The predicted molar refractivity (Wildman–Crippen MR) is 114 cm³/mol. The van der Waals surface area contributed by atoms with Crippen molar-refractivity contribution < 1.29 is 13.2 Å². The lowest BCUT2D eigenvalue weighted by atomic mass is 9.80. The van der Waals surface area contributed by atoms with Gasteiger partial charge in [-0.15, -0.1) is 0 Å². The number of sulfonamides is 1. The third kappa shape index (κ3) is 3.24. The van der Waals surface area contributed by atoms with Gasteiger partial charge in [0.15, 0.2) is 5.82 Å². The SMILES string of the molecule is Cc1nc([C@]23CN(C(=O)c4ccccc4)C[C@H]2CN(S(=O)(=O)c2ccccc2)C3)n[nH]1. The third-order valence-electron chi connectivity index (χ3n) is 6.31.